The fourth-order valence-electron chi connectivity index (χ4n) is 2.69. The quantitative estimate of drug-likeness (QED) is 0.802. The molecule has 21 heavy (non-hydrogen) atoms. The number of anilines is 2. The Bertz CT molecular complexity index is 655. The third-order valence-electron chi connectivity index (χ3n) is 4.31. The molecule has 1 aromatic carbocycles. The van der Waals surface area contributed by atoms with Crippen molar-refractivity contribution < 1.29 is 9.13 Å². The molecule has 0 amide bonds. The molecule has 2 aromatic rings. The van der Waals surface area contributed by atoms with E-state index in [1.165, 1.54) is 6.07 Å². The summed E-state index contributed by atoms with van der Waals surface area (Å²) in [6.07, 6.45) is 4.97. The van der Waals surface area contributed by atoms with E-state index >= 15 is 0 Å². The van der Waals surface area contributed by atoms with Crippen molar-refractivity contribution in [2.45, 2.75) is 19.3 Å². The smallest absolute Gasteiger partial charge is 0.150 e. The number of aromatic nitrogens is 1. The maximum absolute atomic E-state index is 14.2. The Hall–Kier alpha value is -1.88. The van der Waals surface area contributed by atoms with Crippen LogP contribution in [-0.4, -0.2) is 25.2 Å². The maximum Gasteiger partial charge on any atom is 0.150 e. The van der Waals surface area contributed by atoms with Gasteiger partial charge in [-0.2, -0.15) is 0 Å². The maximum atomic E-state index is 14.2. The van der Waals surface area contributed by atoms with Gasteiger partial charge in [0.05, 0.1) is 11.2 Å². The zero-order valence-electron chi connectivity index (χ0n) is 12.2. The molecule has 4 nitrogen and oxygen atoms in total. The Morgan fingerprint density at radius 1 is 1.48 bits per heavy atom. The third-order valence-corrected chi connectivity index (χ3v) is 4.31. The van der Waals surface area contributed by atoms with Crippen LogP contribution in [-0.2, 0) is 4.74 Å². The number of nitrogens with two attached hydrogens (primary N) is 1. The highest BCUT2D eigenvalue weighted by molar-refractivity contribution is 5.98. The van der Waals surface area contributed by atoms with Crippen LogP contribution in [0.25, 0.3) is 10.9 Å². The first kappa shape index (κ1) is 14.1. The molecule has 3 N–H and O–H groups in total. The molecule has 1 aliphatic carbocycles. The van der Waals surface area contributed by atoms with Crippen molar-refractivity contribution in [3.63, 3.8) is 0 Å². The summed E-state index contributed by atoms with van der Waals surface area (Å²) in [7, 11) is 1.71. The SMILES string of the molecule is COCCC1(CNc2c(F)cc(N)c3cccnc23)CC1. The molecular weight excluding hydrogens is 269 g/mol. The molecule has 0 bridgehead atoms. The fourth-order valence-corrected chi connectivity index (χ4v) is 2.69. The van der Waals surface area contributed by atoms with Crippen molar-refractivity contribution in [1.29, 1.82) is 0 Å². The van der Waals surface area contributed by atoms with Gasteiger partial charge in [0.2, 0.25) is 0 Å². The topological polar surface area (TPSA) is 60.2 Å². The van der Waals surface area contributed by atoms with Gasteiger partial charge in [0.15, 0.2) is 5.82 Å². The van der Waals surface area contributed by atoms with Crippen LogP contribution < -0.4 is 11.1 Å². The lowest BCUT2D eigenvalue weighted by atomic mass is 10.0. The number of halogens is 1. The van der Waals surface area contributed by atoms with Gasteiger partial charge in [0.1, 0.15) is 0 Å². The van der Waals surface area contributed by atoms with Crippen LogP contribution in [0.1, 0.15) is 19.3 Å². The van der Waals surface area contributed by atoms with E-state index in [2.05, 4.69) is 10.3 Å². The van der Waals surface area contributed by atoms with Crippen LogP contribution in [0.5, 0.6) is 0 Å². The molecule has 1 fully saturated rings. The molecule has 0 unspecified atom stereocenters. The summed E-state index contributed by atoms with van der Waals surface area (Å²) in [5.41, 5.74) is 7.56. The van der Waals surface area contributed by atoms with Gasteiger partial charge in [0, 0.05) is 37.5 Å². The zero-order valence-corrected chi connectivity index (χ0v) is 12.2. The zero-order chi connectivity index (χ0) is 14.9. The monoisotopic (exact) mass is 289 g/mol. The lowest BCUT2D eigenvalue weighted by Crippen LogP contribution is -2.18. The van der Waals surface area contributed by atoms with Gasteiger partial charge in [-0.25, -0.2) is 4.39 Å². The average Bonchev–Trinajstić information content (AvgIpc) is 3.25. The van der Waals surface area contributed by atoms with Gasteiger partial charge in [-0.3, -0.25) is 4.98 Å². The van der Waals surface area contributed by atoms with Crippen LogP contribution >= 0.6 is 0 Å². The number of rotatable bonds is 6. The van der Waals surface area contributed by atoms with E-state index in [9.17, 15) is 4.39 Å². The van der Waals surface area contributed by atoms with Crippen molar-refractivity contribution in [3.05, 3.63) is 30.2 Å². The Kier molecular flexibility index (Phi) is 3.68. The van der Waals surface area contributed by atoms with Crippen LogP contribution in [0.3, 0.4) is 0 Å². The summed E-state index contributed by atoms with van der Waals surface area (Å²) in [4.78, 5) is 4.28. The van der Waals surface area contributed by atoms with Crippen LogP contribution in [0, 0.1) is 11.2 Å². The molecule has 0 radical (unpaired) electrons. The number of nitrogens with one attached hydrogen (secondary N) is 1. The van der Waals surface area contributed by atoms with Gasteiger partial charge in [-0.1, -0.05) is 0 Å². The minimum absolute atomic E-state index is 0.241. The predicted molar refractivity (Wildman–Crippen MR) is 82.8 cm³/mol. The molecule has 1 heterocycles. The summed E-state index contributed by atoms with van der Waals surface area (Å²) in [5.74, 6) is -0.346. The molecule has 0 aliphatic heterocycles. The Labute approximate surface area is 123 Å². The van der Waals surface area contributed by atoms with Crippen LogP contribution in [0.4, 0.5) is 15.8 Å². The highest BCUT2D eigenvalue weighted by Gasteiger charge is 2.41. The third kappa shape index (κ3) is 2.78. The standard InChI is InChI=1S/C16H20FN3O/c1-21-8-6-16(4-5-16)10-20-15-12(17)9-13(18)11-3-2-7-19-14(11)15/h2-3,7,9,20H,4-6,8,10,18H2,1H3. The Morgan fingerprint density at radius 3 is 3.00 bits per heavy atom. The highest BCUT2D eigenvalue weighted by atomic mass is 19.1. The molecule has 5 heteroatoms. The molecule has 112 valence electrons. The lowest BCUT2D eigenvalue weighted by Gasteiger charge is -2.18. The van der Waals surface area contributed by atoms with Crippen molar-refractivity contribution in [2.75, 3.05) is 31.3 Å². The van der Waals surface area contributed by atoms with E-state index in [4.69, 9.17) is 10.5 Å². The van der Waals surface area contributed by atoms with Gasteiger partial charge in [-0.15, -0.1) is 0 Å². The summed E-state index contributed by atoms with van der Waals surface area (Å²) in [5, 5.41) is 4.03. The molecule has 0 spiro atoms. The Balaban J connectivity index is 1.84. The molecule has 1 aliphatic rings. The number of pyridine rings is 1. The van der Waals surface area contributed by atoms with E-state index < -0.39 is 0 Å². The number of nitrogen functional groups attached to an aromatic ring is 1. The molecule has 0 saturated heterocycles. The van der Waals surface area contributed by atoms with Crippen molar-refractivity contribution >= 4 is 22.3 Å². The molecule has 0 atom stereocenters. The average molecular weight is 289 g/mol. The lowest BCUT2D eigenvalue weighted by molar-refractivity contribution is 0.175. The van der Waals surface area contributed by atoms with Crippen LogP contribution in [0.15, 0.2) is 24.4 Å². The van der Waals surface area contributed by atoms with E-state index in [-0.39, 0.29) is 11.2 Å². The van der Waals surface area contributed by atoms with E-state index in [1.54, 1.807) is 19.4 Å². The number of methoxy groups -OCH3 is 1. The number of fused-ring (bicyclic) bond motifs is 1. The highest BCUT2D eigenvalue weighted by Crippen LogP contribution is 2.49. The number of nitrogens with zero attached hydrogens (tertiary/aromatic N) is 1. The number of hydrogen-bond acceptors (Lipinski definition) is 4. The minimum atomic E-state index is -0.346. The molecule has 1 aromatic heterocycles. The first-order valence-electron chi connectivity index (χ1n) is 7.21. The first-order valence-corrected chi connectivity index (χ1v) is 7.21. The predicted octanol–water partition coefficient (Wildman–Crippen LogP) is 3.18. The molecule has 3 rings (SSSR count). The number of ether oxygens (including phenoxy) is 1. The van der Waals surface area contributed by atoms with Gasteiger partial charge < -0.3 is 15.8 Å². The summed E-state index contributed by atoms with van der Waals surface area (Å²) in [6.45, 7) is 1.48. The number of benzene rings is 1. The van der Waals surface area contributed by atoms with Crippen molar-refractivity contribution in [3.8, 4) is 0 Å². The number of hydrogen-bond donors (Lipinski definition) is 2. The summed E-state index contributed by atoms with van der Waals surface area (Å²) in [6, 6.07) is 5.03. The van der Waals surface area contributed by atoms with E-state index in [0.29, 0.717) is 16.9 Å². The second kappa shape index (κ2) is 5.48. The van der Waals surface area contributed by atoms with Gasteiger partial charge >= 0.3 is 0 Å². The van der Waals surface area contributed by atoms with Crippen molar-refractivity contribution in [2.24, 2.45) is 5.41 Å². The van der Waals surface area contributed by atoms with Crippen molar-refractivity contribution in [1.82, 2.24) is 4.98 Å². The largest absolute Gasteiger partial charge is 0.398 e. The fraction of sp³-hybridized carbons (Fsp3) is 0.438. The van der Waals surface area contributed by atoms with Gasteiger partial charge in [0.25, 0.3) is 0 Å². The minimum Gasteiger partial charge on any atom is -0.398 e. The summed E-state index contributed by atoms with van der Waals surface area (Å²) < 4.78 is 19.4. The second-order valence-corrected chi connectivity index (χ2v) is 5.82. The Morgan fingerprint density at radius 2 is 2.29 bits per heavy atom. The van der Waals surface area contributed by atoms with E-state index in [1.807, 2.05) is 6.07 Å². The first-order chi connectivity index (χ1) is 10.2. The van der Waals surface area contributed by atoms with E-state index in [0.717, 1.165) is 37.8 Å². The normalized spacial score (nSPS) is 16.1. The summed E-state index contributed by atoms with van der Waals surface area (Å²) >= 11 is 0. The van der Waals surface area contributed by atoms with Crippen LogP contribution in [0.2, 0.25) is 0 Å². The second-order valence-electron chi connectivity index (χ2n) is 5.82. The van der Waals surface area contributed by atoms with Gasteiger partial charge in [-0.05, 0) is 42.9 Å². The molecule has 1 saturated carbocycles. The molecular formula is C16H20FN3O.